The standard InChI is InChI=1S/C29H32F4N2O7/c1-29(2,3)42-23(37)12-11-21(22(36)16-40-26-24(32)19(30)14-20(31)25(26)33)34-27(38)17-8-7-13-35(15-17)28(39)41-18-9-5-4-6-10-18/h4-6,9-10,14,17,21H,7-8,11-13,15-16H2,1-3H3,(H,34,38)/t17-,21+/m1/s1. The van der Waals surface area contributed by atoms with Gasteiger partial charge in [-0.2, -0.15) is 8.78 Å². The van der Waals surface area contributed by atoms with E-state index in [1.807, 2.05) is 0 Å². The zero-order valence-electron chi connectivity index (χ0n) is 23.4. The summed E-state index contributed by atoms with van der Waals surface area (Å²) < 4.78 is 70.4. The minimum Gasteiger partial charge on any atom is -0.479 e. The van der Waals surface area contributed by atoms with Crippen LogP contribution in [0, 0.1) is 29.2 Å². The van der Waals surface area contributed by atoms with Gasteiger partial charge in [-0.15, -0.1) is 0 Å². The number of nitrogens with one attached hydrogen (secondary N) is 1. The third kappa shape index (κ3) is 9.18. The Morgan fingerprint density at radius 2 is 1.67 bits per heavy atom. The lowest BCUT2D eigenvalue weighted by molar-refractivity contribution is -0.155. The van der Waals surface area contributed by atoms with E-state index in [9.17, 15) is 36.7 Å². The van der Waals surface area contributed by atoms with Crippen molar-refractivity contribution in [2.75, 3.05) is 19.7 Å². The molecule has 0 saturated carbocycles. The van der Waals surface area contributed by atoms with E-state index in [-0.39, 0.29) is 25.5 Å². The highest BCUT2D eigenvalue weighted by Gasteiger charge is 2.33. The molecular formula is C29H32F4N2O7. The van der Waals surface area contributed by atoms with Crippen LogP contribution in [0.5, 0.6) is 11.5 Å². The Bertz CT molecular complexity index is 1270. The minimum atomic E-state index is -1.83. The van der Waals surface area contributed by atoms with Crippen LogP contribution < -0.4 is 14.8 Å². The van der Waals surface area contributed by atoms with Crippen LogP contribution in [-0.2, 0) is 19.1 Å². The van der Waals surface area contributed by atoms with E-state index in [0.717, 1.165) is 0 Å². The van der Waals surface area contributed by atoms with Crippen molar-refractivity contribution in [3.63, 3.8) is 0 Å². The average Bonchev–Trinajstić information content (AvgIpc) is 2.93. The highest BCUT2D eigenvalue weighted by atomic mass is 19.2. The minimum absolute atomic E-state index is 0.00763. The van der Waals surface area contributed by atoms with Gasteiger partial charge in [0.1, 0.15) is 18.0 Å². The van der Waals surface area contributed by atoms with Crippen molar-refractivity contribution in [3.05, 3.63) is 59.7 Å². The molecule has 0 aliphatic carbocycles. The first-order chi connectivity index (χ1) is 19.7. The highest BCUT2D eigenvalue weighted by Crippen LogP contribution is 2.27. The number of hydrogen-bond donors (Lipinski definition) is 1. The van der Waals surface area contributed by atoms with Crippen LogP contribution in [0.1, 0.15) is 46.5 Å². The number of piperidine rings is 1. The van der Waals surface area contributed by atoms with Crippen LogP contribution >= 0.6 is 0 Å². The molecule has 42 heavy (non-hydrogen) atoms. The Balaban J connectivity index is 1.69. The number of para-hydroxylation sites is 1. The van der Waals surface area contributed by atoms with Gasteiger partial charge >= 0.3 is 12.1 Å². The Hall–Kier alpha value is -4.16. The number of ketones is 1. The van der Waals surface area contributed by atoms with Gasteiger partial charge in [-0.3, -0.25) is 14.4 Å². The summed E-state index contributed by atoms with van der Waals surface area (Å²) in [4.78, 5) is 52.4. The summed E-state index contributed by atoms with van der Waals surface area (Å²) in [7, 11) is 0. The Labute approximate surface area is 240 Å². The second kappa shape index (κ2) is 14.1. The van der Waals surface area contributed by atoms with Crippen molar-refractivity contribution in [1.29, 1.82) is 0 Å². The maximum absolute atomic E-state index is 14.0. The van der Waals surface area contributed by atoms with E-state index in [2.05, 4.69) is 5.32 Å². The molecule has 2 aromatic carbocycles. The highest BCUT2D eigenvalue weighted by molar-refractivity contribution is 5.91. The number of benzene rings is 2. The molecule has 1 N–H and O–H groups in total. The number of carbonyl (C=O) groups excluding carboxylic acids is 4. The van der Waals surface area contributed by atoms with Crippen LogP contribution in [0.4, 0.5) is 22.4 Å². The first-order valence-electron chi connectivity index (χ1n) is 13.3. The van der Waals surface area contributed by atoms with E-state index in [1.54, 1.807) is 51.1 Å². The molecule has 228 valence electrons. The van der Waals surface area contributed by atoms with Gasteiger partial charge in [0.15, 0.2) is 23.2 Å². The van der Waals surface area contributed by atoms with Gasteiger partial charge in [0.25, 0.3) is 0 Å². The zero-order valence-corrected chi connectivity index (χ0v) is 23.4. The van der Waals surface area contributed by atoms with Gasteiger partial charge < -0.3 is 24.4 Å². The van der Waals surface area contributed by atoms with Crippen molar-refractivity contribution in [3.8, 4) is 11.5 Å². The molecule has 0 bridgehead atoms. The van der Waals surface area contributed by atoms with Crippen molar-refractivity contribution >= 4 is 23.8 Å². The smallest absolute Gasteiger partial charge is 0.415 e. The fourth-order valence-corrected chi connectivity index (χ4v) is 4.19. The molecule has 1 aliphatic rings. The third-order valence-corrected chi connectivity index (χ3v) is 6.19. The number of rotatable bonds is 10. The number of likely N-dealkylation sites (tertiary alicyclic amines) is 1. The summed E-state index contributed by atoms with van der Waals surface area (Å²) in [6, 6.07) is 6.96. The first kappa shape index (κ1) is 32.4. The van der Waals surface area contributed by atoms with Gasteiger partial charge in [0, 0.05) is 25.6 Å². The summed E-state index contributed by atoms with van der Waals surface area (Å²) in [5, 5.41) is 2.51. The fraction of sp³-hybridized carbons (Fsp3) is 0.448. The molecule has 0 radical (unpaired) electrons. The quantitative estimate of drug-likeness (QED) is 0.240. The number of nitrogens with zero attached hydrogens (tertiary/aromatic N) is 1. The van der Waals surface area contributed by atoms with Gasteiger partial charge in [-0.25, -0.2) is 13.6 Å². The number of amides is 2. The van der Waals surface area contributed by atoms with Crippen molar-refractivity contribution in [1.82, 2.24) is 10.2 Å². The zero-order chi connectivity index (χ0) is 31.0. The predicted molar refractivity (Wildman–Crippen MR) is 141 cm³/mol. The molecular weight excluding hydrogens is 564 g/mol. The van der Waals surface area contributed by atoms with Gasteiger partial charge in [0.2, 0.25) is 17.5 Å². The number of hydrogen-bond acceptors (Lipinski definition) is 7. The molecule has 1 fully saturated rings. The Morgan fingerprint density at radius 1 is 1.02 bits per heavy atom. The maximum Gasteiger partial charge on any atom is 0.415 e. The molecule has 1 heterocycles. The van der Waals surface area contributed by atoms with Crippen LogP contribution in [0.2, 0.25) is 0 Å². The fourth-order valence-electron chi connectivity index (χ4n) is 4.19. The number of carbonyl (C=O) groups is 4. The second-order valence-corrected chi connectivity index (χ2v) is 10.7. The van der Waals surface area contributed by atoms with Gasteiger partial charge in [0.05, 0.1) is 12.0 Å². The Morgan fingerprint density at radius 3 is 2.29 bits per heavy atom. The van der Waals surface area contributed by atoms with E-state index in [1.165, 1.54) is 4.90 Å². The number of ether oxygens (including phenoxy) is 3. The largest absolute Gasteiger partial charge is 0.479 e. The maximum atomic E-state index is 14.0. The molecule has 2 aromatic rings. The lowest BCUT2D eigenvalue weighted by atomic mass is 9.96. The van der Waals surface area contributed by atoms with Gasteiger partial charge in [-0.05, 0) is 52.2 Å². The number of halogens is 4. The van der Waals surface area contributed by atoms with Crippen LogP contribution in [0.15, 0.2) is 36.4 Å². The summed E-state index contributed by atoms with van der Waals surface area (Å²) in [5.41, 5.74) is -0.820. The normalized spacial score (nSPS) is 15.9. The molecule has 0 unspecified atom stereocenters. The average molecular weight is 597 g/mol. The van der Waals surface area contributed by atoms with E-state index in [4.69, 9.17) is 14.2 Å². The summed E-state index contributed by atoms with van der Waals surface area (Å²) >= 11 is 0. The predicted octanol–water partition coefficient (Wildman–Crippen LogP) is 4.71. The van der Waals surface area contributed by atoms with Crippen LogP contribution in [0.3, 0.4) is 0 Å². The molecule has 0 spiro atoms. The molecule has 1 saturated heterocycles. The third-order valence-electron chi connectivity index (χ3n) is 6.19. The topological polar surface area (TPSA) is 111 Å². The molecule has 13 heteroatoms. The molecule has 3 rings (SSSR count). The first-order valence-corrected chi connectivity index (χ1v) is 13.3. The van der Waals surface area contributed by atoms with Crippen molar-refractivity contribution in [2.24, 2.45) is 5.92 Å². The van der Waals surface area contributed by atoms with E-state index in [0.29, 0.717) is 25.1 Å². The molecule has 0 aromatic heterocycles. The molecule has 2 atom stereocenters. The lowest BCUT2D eigenvalue weighted by Gasteiger charge is -2.32. The number of Topliss-reactive ketones (excluding diaryl/α,β-unsaturated/α-hetero) is 1. The van der Waals surface area contributed by atoms with E-state index < -0.39 is 76.9 Å². The van der Waals surface area contributed by atoms with Crippen molar-refractivity contribution < 1.29 is 51.0 Å². The lowest BCUT2D eigenvalue weighted by Crippen LogP contribution is -2.50. The van der Waals surface area contributed by atoms with Crippen LogP contribution in [0.25, 0.3) is 0 Å². The summed E-state index contributed by atoms with van der Waals surface area (Å²) in [6.07, 6.45) is -0.395. The van der Waals surface area contributed by atoms with Crippen molar-refractivity contribution in [2.45, 2.75) is 58.1 Å². The second-order valence-electron chi connectivity index (χ2n) is 10.7. The van der Waals surface area contributed by atoms with Gasteiger partial charge in [-0.1, -0.05) is 18.2 Å². The molecule has 9 nitrogen and oxygen atoms in total. The van der Waals surface area contributed by atoms with Crippen LogP contribution in [-0.4, -0.2) is 60.0 Å². The molecule has 2 amide bonds. The Kier molecular flexibility index (Phi) is 10.9. The summed E-state index contributed by atoms with van der Waals surface area (Å²) in [5.74, 6) is -11.2. The summed E-state index contributed by atoms with van der Waals surface area (Å²) in [6.45, 7) is 4.17. The number of esters is 1. The van der Waals surface area contributed by atoms with E-state index >= 15 is 0 Å². The monoisotopic (exact) mass is 596 g/mol. The SMILES string of the molecule is CC(C)(C)OC(=O)CC[C@H](NC(=O)[C@@H]1CCCN(C(=O)Oc2ccccc2)C1)C(=O)COc1c(F)c(F)cc(F)c1F. The molecule has 1 aliphatic heterocycles.